The highest BCUT2D eigenvalue weighted by Crippen LogP contribution is 2.38. The van der Waals surface area contributed by atoms with Crippen LogP contribution in [-0.2, 0) is 0 Å². The lowest BCUT2D eigenvalue weighted by molar-refractivity contribution is 1.10. The van der Waals surface area contributed by atoms with Gasteiger partial charge in [-0.1, -0.05) is 23.8 Å². The summed E-state index contributed by atoms with van der Waals surface area (Å²) in [5.41, 5.74) is 4.91. The van der Waals surface area contributed by atoms with Crippen molar-refractivity contribution in [1.29, 1.82) is 0 Å². The van der Waals surface area contributed by atoms with E-state index in [-0.39, 0.29) is 5.38 Å². The fourth-order valence-corrected chi connectivity index (χ4v) is 4.19. The Labute approximate surface area is 120 Å². The lowest BCUT2D eigenvalue weighted by atomic mass is 9.98. The lowest BCUT2D eigenvalue weighted by Gasteiger charge is -2.13. The monoisotopic (exact) mass is 328 g/mol. The predicted molar refractivity (Wildman–Crippen MR) is 80.4 cm³/mol. The molecule has 3 heteroatoms. The smallest absolute Gasteiger partial charge is 0.0849 e. The SMILES string of the molecule is Cc1ccc(C)c(C(Cl)c2cc(Br)sc2C)c1. The third kappa shape index (κ3) is 2.75. The molecular weight excluding hydrogens is 316 g/mol. The summed E-state index contributed by atoms with van der Waals surface area (Å²) in [6.45, 7) is 6.33. The Balaban J connectivity index is 2.46. The largest absolute Gasteiger partial charge is 0.133 e. The summed E-state index contributed by atoms with van der Waals surface area (Å²) in [6.07, 6.45) is 0. The van der Waals surface area contributed by atoms with E-state index in [0.717, 1.165) is 3.79 Å². The number of hydrogen-bond acceptors (Lipinski definition) is 1. The zero-order chi connectivity index (χ0) is 12.6. The number of benzene rings is 1. The quantitative estimate of drug-likeness (QED) is 0.614. The van der Waals surface area contributed by atoms with Crippen LogP contribution in [0.3, 0.4) is 0 Å². The number of rotatable bonds is 2. The normalized spacial score (nSPS) is 12.8. The van der Waals surface area contributed by atoms with E-state index in [2.05, 4.69) is 61.0 Å². The van der Waals surface area contributed by atoms with E-state index >= 15 is 0 Å². The standard InChI is InChI=1S/C14H14BrClS/c1-8-4-5-9(2)11(6-8)14(16)12-7-13(15)17-10(12)3/h4-7,14H,1-3H3. The average Bonchev–Trinajstić information content (AvgIpc) is 2.60. The molecule has 0 saturated carbocycles. The van der Waals surface area contributed by atoms with Gasteiger partial charge in [-0.3, -0.25) is 0 Å². The zero-order valence-electron chi connectivity index (χ0n) is 10.1. The highest BCUT2D eigenvalue weighted by atomic mass is 79.9. The molecule has 1 aromatic carbocycles. The summed E-state index contributed by atoms with van der Waals surface area (Å²) >= 11 is 11.9. The zero-order valence-corrected chi connectivity index (χ0v) is 13.2. The van der Waals surface area contributed by atoms with Crippen molar-refractivity contribution in [2.75, 3.05) is 0 Å². The first-order valence-electron chi connectivity index (χ1n) is 5.46. The Morgan fingerprint density at radius 3 is 2.41 bits per heavy atom. The van der Waals surface area contributed by atoms with Gasteiger partial charge >= 0.3 is 0 Å². The van der Waals surface area contributed by atoms with Crippen molar-refractivity contribution < 1.29 is 0 Å². The first kappa shape index (κ1) is 13.1. The van der Waals surface area contributed by atoms with Crippen LogP contribution in [0.5, 0.6) is 0 Å². The maximum atomic E-state index is 6.61. The van der Waals surface area contributed by atoms with Crippen molar-refractivity contribution >= 4 is 38.9 Å². The third-order valence-electron chi connectivity index (χ3n) is 2.91. The summed E-state index contributed by atoms with van der Waals surface area (Å²) in [5.74, 6) is 0. The number of aryl methyl sites for hydroxylation is 3. The van der Waals surface area contributed by atoms with Gasteiger partial charge in [-0.25, -0.2) is 0 Å². The second-order valence-corrected chi connectivity index (χ2v) is 7.36. The van der Waals surface area contributed by atoms with Crippen molar-refractivity contribution in [2.24, 2.45) is 0 Å². The van der Waals surface area contributed by atoms with Gasteiger partial charge in [0.15, 0.2) is 0 Å². The van der Waals surface area contributed by atoms with E-state index in [4.69, 9.17) is 11.6 Å². The Kier molecular flexibility index (Phi) is 3.96. The average molecular weight is 330 g/mol. The summed E-state index contributed by atoms with van der Waals surface area (Å²) in [6, 6.07) is 8.56. The summed E-state index contributed by atoms with van der Waals surface area (Å²) in [4.78, 5) is 1.28. The van der Waals surface area contributed by atoms with Crippen LogP contribution in [0.2, 0.25) is 0 Å². The third-order valence-corrected chi connectivity index (χ3v) is 4.95. The summed E-state index contributed by atoms with van der Waals surface area (Å²) in [7, 11) is 0. The molecule has 0 saturated heterocycles. The van der Waals surface area contributed by atoms with E-state index in [0.29, 0.717) is 0 Å². The van der Waals surface area contributed by atoms with Crippen LogP contribution in [0, 0.1) is 20.8 Å². The second kappa shape index (κ2) is 5.13. The van der Waals surface area contributed by atoms with Crippen LogP contribution in [0.25, 0.3) is 0 Å². The van der Waals surface area contributed by atoms with Crippen LogP contribution in [0.4, 0.5) is 0 Å². The fraction of sp³-hybridized carbons (Fsp3) is 0.286. The molecule has 1 atom stereocenters. The van der Waals surface area contributed by atoms with E-state index in [1.807, 2.05) is 0 Å². The van der Waals surface area contributed by atoms with Gasteiger partial charge in [0.2, 0.25) is 0 Å². The molecule has 0 amide bonds. The molecule has 0 bridgehead atoms. The molecule has 0 aliphatic rings. The molecule has 1 heterocycles. The molecule has 17 heavy (non-hydrogen) atoms. The number of hydrogen-bond donors (Lipinski definition) is 0. The van der Waals surface area contributed by atoms with Gasteiger partial charge in [-0.05, 0) is 59.5 Å². The molecule has 0 fully saturated rings. The predicted octanol–water partition coefficient (Wildman–Crippen LogP) is 5.76. The van der Waals surface area contributed by atoms with Crippen LogP contribution in [0.15, 0.2) is 28.1 Å². The Hall–Kier alpha value is -0.310. The molecule has 2 rings (SSSR count). The van der Waals surface area contributed by atoms with Gasteiger partial charge in [-0.2, -0.15) is 0 Å². The first-order valence-corrected chi connectivity index (χ1v) is 7.50. The first-order chi connectivity index (χ1) is 7.99. The molecule has 90 valence electrons. The van der Waals surface area contributed by atoms with Gasteiger partial charge in [0.1, 0.15) is 0 Å². The van der Waals surface area contributed by atoms with Crippen LogP contribution < -0.4 is 0 Å². The minimum Gasteiger partial charge on any atom is -0.133 e. The maximum Gasteiger partial charge on any atom is 0.0849 e. The number of halogens is 2. The minimum absolute atomic E-state index is 0.0579. The molecule has 1 unspecified atom stereocenters. The van der Waals surface area contributed by atoms with Gasteiger partial charge in [0.05, 0.1) is 9.16 Å². The molecule has 0 aliphatic heterocycles. The Morgan fingerprint density at radius 1 is 1.12 bits per heavy atom. The lowest BCUT2D eigenvalue weighted by Crippen LogP contribution is -1.97. The molecule has 2 aromatic rings. The van der Waals surface area contributed by atoms with Gasteiger partial charge < -0.3 is 0 Å². The highest BCUT2D eigenvalue weighted by molar-refractivity contribution is 9.11. The van der Waals surface area contributed by atoms with E-state index in [1.54, 1.807) is 11.3 Å². The van der Waals surface area contributed by atoms with Crippen molar-refractivity contribution in [3.8, 4) is 0 Å². The van der Waals surface area contributed by atoms with Crippen LogP contribution in [-0.4, -0.2) is 0 Å². The van der Waals surface area contributed by atoms with Gasteiger partial charge in [0, 0.05) is 4.88 Å². The molecule has 0 spiro atoms. The van der Waals surface area contributed by atoms with E-state index in [9.17, 15) is 0 Å². The maximum absolute atomic E-state index is 6.61. The Morgan fingerprint density at radius 2 is 1.82 bits per heavy atom. The molecule has 0 N–H and O–H groups in total. The van der Waals surface area contributed by atoms with E-state index < -0.39 is 0 Å². The van der Waals surface area contributed by atoms with Gasteiger partial charge in [0.25, 0.3) is 0 Å². The molecular formula is C14H14BrClS. The molecule has 0 radical (unpaired) electrons. The van der Waals surface area contributed by atoms with Crippen molar-refractivity contribution in [1.82, 2.24) is 0 Å². The Bertz CT molecular complexity index is 545. The van der Waals surface area contributed by atoms with E-state index in [1.165, 1.54) is 27.1 Å². The molecule has 0 nitrogen and oxygen atoms in total. The highest BCUT2D eigenvalue weighted by Gasteiger charge is 2.17. The number of thiophene rings is 1. The van der Waals surface area contributed by atoms with Gasteiger partial charge in [-0.15, -0.1) is 22.9 Å². The number of alkyl halides is 1. The molecule has 0 aliphatic carbocycles. The fourth-order valence-electron chi connectivity index (χ4n) is 1.91. The summed E-state index contributed by atoms with van der Waals surface area (Å²) in [5, 5.41) is -0.0579. The minimum atomic E-state index is -0.0579. The van der Waals surface area contributed by atoms with Crippen molar-refractivity contribution in [3.05, 3.63) is 55.2 Å². The van der Waals surface area contributed by atoms with Crippen molar-refractivity contribution in [3.63, 3.8) is 0 Å². The second-order valence-electron chi connectivity index (χ2n) is 4.28. The molecule has 1 aromatic heterocycles. The van der Waals surface area contributed by atoms with Crippen molar-refractivity contribution in [2.45, 2.75) is 26.1 Å². The van der Waals surface area contributed by atoms with Crippen LogP contribution in [0.1, 0.15) is 32.5 Å². The van der Waals surface area contributed by atoms with Crippen LogP contribution >= 0.6 is 38.9 Å². The summed E-state index contributed by atoms with van der Waals surface area (Å²) < 4.78 is 1.14. The topological polar surface area (TPSA) is 0 Å².